The van der Waals surface area contributed by atoms with Gasteiger partial charge in [0.2, 0.25) is 0 Å². The van der Waals surface area contributed by atoms with E-state index in [4.69, 9.17) is 4.74 Å². The maximum Gasteiger partial charge on any atom is 0.191 e. The molecule has 0 fully saturated rings. The molecule has 0 spiro atoms. The number of halogens is 1. The van der Waals surface area contributed by atoms with E-state index in [9.17, 15) is 0 Å². The molecule has 2 aromatic heterocycles. The lowest BCUT2D eigenvalue weighted by Crippen LogP contribution is -2.38. The Hall–Kier alpha value is -1.60. The van der Waals surface area contributed by atoms with Gasteiger partial charge in [-0.05, 0) is 41.4 Å². The highest BCUT2D eigenvalue weighted by molar-refractivity contribution is 9.10. The molecule has 0 unspecified atom stereocenters. The molecular weight excluding hydrogens is 346 g/mol. The Bertz CT molecular complexity index is 625. The molecule has 0 radical (unpaired) electrons. The molecule has 0 aliphatic heterocycles. The highest BCUT2D eigenvalue weighted by Gasteiger charge is 2.02. The summed E-state index contributed by atoms with van der Waals surface area (Å²) in [6, 6.07) is 3.96. The normalized spacial score (nSPS) is 11.9. The van der Waals surface area contributed by atoms with Gasteiger partial charge in [0.05, 0.1) is 12.2 Å². The summed E-state index contributed by atoms with van der Waals surface area (Å²) in [5, 5.41) is 6.51. The third-order valence-electron chi connectivity index (χ3n) is 3.03. The van der Waals surface area contributed by atoms with Crippen LogP contribution in [0.2, 0.25) is 0 Å². The van der Waals surface area contributed by atoms with Crippen LogP contribution >= 0.6 is 15.9 Å². The van der Waals surface area contributed by atoms with E-state index in [1.807, 2.05) is 28.9 Å². The number of hydrogen-bond acceptors (Lipinski definition) is 3. The molecule has 0 aromatic carbocycles. The fraction of sp³-hybridized carbons (Fsp3) is 0.467. The zero-order valence-electron chi connectivity index (χ0n) is 13.0. The molecule has 6 nitrogen and oxygen atoms in total. The van der Waals surface area contributed by atoms with Crippen molar-refractivity contribution in [3.8, 4) is 0 Å². The van der Waals surface area contributed by atoms with E-state index in [0.717, 1.165) is 47.9 Å². The lowest BCUT2D eigenvalue weighted by Gasteiger charge is -2.10. The maximum atomic E-state index is 5.04. The van der Waals surface area contributed by atoms with E-state index in [1.54, 1.807) is 7.11 Å². The molecule has 2 rings (SSSR count). The third-order valence-corrected chi connectivity index (χ3v) is 3.50. The minimum atomic E-state index is 0.541. The predicted molar refractivity (Wildman–Crippen MR) is 92.2 cm³/mol. The second-order valence-electron chi connectivity index (χ2n) is 4.81. The van der Waals surface area contributed by atoms with Crippen molar-refractivity contribution in [1.82, 2.24) is 20.0 Å². The fourth-order valence-corrected chi connectivity index (χ4v) is 2.37. The van der Waals surface area contributed by atoms with Crippen LogP contribution in [0.5, 0.6) is 0 Å². The monoisotopic (exact) mass is 367 g/mol. The van der Waals surface area contributed by atoms with Gasteiger partial charge in [-0.15, -0.1) is 0 Å². The molecule has 22 heavy (non-hydrogen) atoms. The molecule has 7 heteroatoms. The zero-order chi connectivity index (χ0) is 15.8. The highest BCUT2D eigenvalue weighted by Crippen LogP contribution is 2.12. The van der Waals surface area contributed by atoms with Gasteiger partial charge in [-0.1, -0.05) is 0 Å². The van der Waals surface area contributed by atoms with E-state index < -0.39 is 0 Å². The number of nitrogens with zero attached hydrogens (tertiary/aromatic N) is 3. The Morgan fingerprint density at radius 2 is 2.23 bits per heavy atom. The Morgan fingerprint density at radius 1 is 1.36 bits per heavy atom. The quantitative estimate of drug-likeness (QED) is 0.447. The van der Waals surface area contributed by atoms with Crippen LogP contribution in [0.4, 0.5) is 0 Å². The molecule has 0 bridgehead atoms. The largest absolute Gasteiger partial charge is 0.385 e. The topological polar surface area (TPSA) is 63.0 Å². The van der Waals surface area contributed by atoms with Gasteiger partial charge < -0.3 is 19.8 Å². The van der Waals surface area contributed by atoms with Gasteiger partial charge in [-0.2, -0.15) is 0 Å². The van der Waals surface area contributed by atoms with Crippen LogP contribution in [0.1, 0.15) is 19.0 Å². The van der Waals surface area contributed by atoms with Crippen molar-refractivity contribution in [3.05, 3.63) is 34.7 Å². The molecular formula is C15H22BrN5O. The van der Waals surface area contributed by atoms with Crippen molar-refractivity contribution < 1.29 is 4.74 Å². The Kier molecular flexibility index (Phi) is 6.67. The molecule has 120 valence electrons. The number of pyridine rings is 1. The average Bonchev–Trinajstić information content (AvgIpc) is 2.91. The van der Waals surface area contributed by atoms with Crippen LogP contribution in [0.15, 0.2) is 34.0 Å². The molecule has 0 aliphatic carbocycles. The molecule has 2 N–H and O–H groups in total. The van der Waals surface area contributed by atoms with Gasteiger partial charge in [0.25, 0.3) is 0 Å². The number of aliphatic imine (C=N–C) groups is 1. The van der Waals surface area contributed by atoms with E-state index in [1.165, 1.54) is 0 Å². The Labute approximate surface area is 139 Å². The summed E-state index contributed by atoms with van der Waals surface area (Å²) in [4.78, 5) is 9.12. The second kappa shape index (κ2) is 8.75. The first-order valence-electron chi connectivity index (χ1n) is 7.37. The van der Waals surface area contributed by atoms with Gasteiger partial charge in [-0.3, -0.25) is 0 Å². The number of hydrogen-bond donors (Lipinski definition) is 2. The number of imidazole rings is 1. The van der Waals surface area contributed by atoms with Gasteiger partial charge in [-0.25, -0.2) is 9.98 Å². The van der Waals surface area contributed by atoms with Gasteiger partial charge in [0.15, 0.2) is 5.96 Å². The van der Waals surface area contributed by atoms with Crippen LogP contribution in [0.25, 0.3) is 5.65 Å². The number of rotatable bonds is 7. The number of methoxy groups -OCH3 is 1. The number of guanidine groups is 1. The van der Waals surface area contributed by atoms with Crippen molar-refractivity contribution in [3.63, 3.8) is 0 Å². The highest BCUT2D eigenvalue weighted by atomic mass is 79.9. The molecule has 2 aromatic rings. The van der Waals surface area contributed by atoms with Crippen LogP contribution in [-0.2, 0) is 11.3 Å². The van der Waals surface area contributed by atoms with E-state index in [-0.39, 0.29) is 0 Å². The molecule has 0 aliphatic rings. The van der Waals surface area contributed by atoms with Gasteiger partial charge >= 0.3 is 0 Å². The van der Waals surface area contributed by atoms with E-state index in [0.29, 0.717) is 6.54 Å². The third kappa shape index (κ3) is 4.99. The first-order chi connectivity index (χ1) is 10.7. The smallest absolute Gasteiger partial charge is 0.191 e. The van der Waals surface area contributed by atoms with Crippen molar-refractivity contribution >= 4 is 27.5 Å². The van der Waals surface area contributed by atoms with Gasteiger partial charge in [0.1, 0.15) is 5.65 Å². The molecule has 0 saturated heterocycles. The molecule has 2 heterocycles. The van der Waals surface area contributed by atoms with Crippen LogP contribution in [0, 0.1) is 0 Å². The summed E-state index contributed by atoms with van der Waals surface area (Å²) < 4.78 is 8.06. The molecule has 0 atom stereocenters. The Balaban J connectivity index is 1.98. The van der Waals surface area contributed by atoms with Gasteiger partial charge in [0, 0.05) is 43.7 Å². The molecule has 0 amide bonds. The standard InChI is InChI=1S/C15H22BrN5O/c1-3-17-15(18-7-4-8-22-2)19-9-13-11-21-10-12(16)5-6-14(21)20-13/h5-6,10-11H,3-4,7-9H2,1-2H3,(H2,17,18,19). The summed E-state index contributed by atoms with van der Waals surface area (Å²) in [7, 11) is 1.71. The van der Waals surface area contributed by atoms with Crippen molar-refractivity contribution in [2.24, 2.45) is 4.99 Å². The first-order valence-corrected chi connectivity index (χ1v) is 8.16. The number of nitrogens with one attached hydrogen (secondary N) is 2. The van der Waals surface area contributed by atoms with Crippen molar-refractivity contribution in [2.45, 2.75) is 19.9 Å². The second-order valence-corrected chi connectivity index (χ2v) is 5.73. The van der Waals surface area contributed by atoms with E-state index >= 15 is 0 Å². The zero-order valence-corrected chi connectivity index (χ0v) is 14.6. The van der Waals surface area contributed by atoms with Crippen LogP contribution < -0.4 is 10.6 Å². The summed E-state index contributed by atoms with van der Waals surface area (Å²) in [5.41, 5.74) is 1.86. The van der Waals surface area contributed by atoms with Crippen LogP contribution in [0.3, 0.4) is 0 Å². The first kappa shape index (κ1) is 16.8. The average molecular weight is 368 g/mol. The minimum Gasteiger partial charge on any atom is -0.385 e. The lowest BCUT2D eigenvalue weighted by molar-refractivity contribution is 0.195. The number of fused-ring (bicyclic) bond motifs is 1. The van der Waals surface area contributed by atoms with Crippen molar-refractivity contribution in [1.29, 1.82) is 0 Å². The SMILES string of the molecule is CCNC(=NCc1cn2cc(Br)ccc2n1)NCCCOC. The Morgan fingerprint density at radius 3 is 3.00 bits per heavy atom. The summed E-state index contributed by atoms with van der Waals surface area (Å²) in [5.74, 6) is 0.803. The summed E-state index contributed by atoms with van der Waals surface area (Å²) >= 11 is 3.46. The summed E-state index contributed by atoms with van der Waals surface area (Å²) in [6.07, 6.45) is 4.94. The number of ether oxygens (including phenoxy) is 1. The van der Waals surface area contributed by atoms with Crippen LogP contribution in [-0.4, -0.2) is 42.2 Å². The molecule has 0 saturated carbocycles. The van der Waals surface area contributed by atoms with E-state index in [2.05, 4.69) is 43.5 Å². The summed E-state index contributed by atoms with van der Waals surface area (Å²) in [6.45, 7) is 4.99. The maximum absolute atomic E-state index is 5.04. The van der Waals surface area contributed by atoms with Crippen molar-refractivity contribution in [2.75, 3.05) is 26.8 Å². The minimum absolute atomic E-state index is 0.541. The number of aromatic nitrogens is 2. The predicted octanol–water partition coefficient (Wildman–Crippen LogP) is 2.19. The fourth-order valence-electron chi connectivity index (χ4n) is 2.02. The lowest BCUT2D eigenvalue weighted by atomic mass is 10.4.